The SMILES string of the molecule is N=C(N)NCCC[C@@H]1NC(=O)[C@H](CCCCn2cc(COc3cc(OCc4cn(CCCC[C@@H]5NC(=O)[C@@H](Cc6ccccc6)NC(=O)[C@H](CC(=O)O)NC(=O)CNC(=O)[C@H](CCCNC(=N)N)NC5=O)nn4)cc(C(=O)NCCNC(=O)CN4CCN(CC(=O)O)CCN(CC(=O)O)CCN(CC(=O)O)CC4)c3)nn2)NC(=O)[C@@H](Cc2ccccc2)NC(=O)[C@H](CC(=O)O)NC(=O)CNC1=O. The number of carboxylic acid groups (broad SMARTS) is 5. The molecule has 3 fully saturated rings. The van der Waals surface area contributed by atoms with E-state index in [9.17, 15) is 107 Å². The van der Waals surface area contributed by atoms with Gasteiger partial charge >= 0.3 is 29.8 Å². The molecule has 744 valence electrons. The van der Waals surface area contributed by atoms with Crippen molar-refractivity contribution in [3.8, 4) is 11.5 Å². The van der Waals surface area contributed by atoms with E-state index in [-0.39, 0.29) is 236 Å². The Bertz CT molecular complexity index is 4720. The number of hydrogen-bond acceptors (Lipinski definition) is 29. The summed E-state index contributed by atoms with van der Waals surface area (Å²) in [6.45, 7) is -1.66. The van der Waals surface area contributed by atoms with Crippen LogP contribution in [0, 0.1) is 10.8 Å². The summed E-state index contributed by atoms with van der Waals surface area (Å²) in [5, 5.41) is 117. The number of amides is 12. The van der Waals surface area contributed by atoms with Crippen LogP contribution in [0.1, 0.15) is 110 Å². The summed E-state index contributed by atoms with van der Waals surface area (Å²) in [7, 11) is 0. The quantitative estimate of drug-likeness (QED) is 0.00979. The molecule has 137 heavy (non-hydrogen) atoms. The van der Waals surface area contributed by atoms with Crippen LogP contribution in [-0.2, 0) is 116 Å². The number of ether oxygens (including phenoxy) is 2. The topological polar surface area (TPSA) is 752 Å². The van der Waals surface area contributed by atoms with Gasteiger partial charge in [-0.3, -0.25) is 121 Å². The van der Waals surface area contributed by atoms with Gasteiger partial charge in [-0.2, -0.15) is 0 Å². The van der Waals surface area contributed by atoms with Crippen LogP contribution in [-0.4, -0.2) is 354 Å². The van der Waals surface area contributed by atoms with E-state index in [4.69, 9.17) is 31.8 Å². The smallest absolute Gasteiger partial charge is 0.317 e. The first-order chi connectivity index (χ1) is 65.5. The van der Waals surface area contributed by atoms with Crippen LogP contribution in [0.15, 0.2) is 91.3 Å². The number of guanidine groups is 2. The van der Waals surface area contributed by atoms with E-state index in [2.05, 4.69) is 95.1 Å². The highest BCUT2D eigenvalue weighted by Crippen LogP contribution is 2.26. The lowest BCUT2D eigenvalue weighted by Gasteiger charge is -2.32. The number of nitrogens with zero attached hydrogens (tertiary/aromatic N) is 10. The second-order valence-electron chi connectivity index (χ2n) is 32.7. The molecular formula is C85H120N28O24. The highest BCUT2D eigenvalue weighted by atomic mass is 16.5. The standard InChI is InChI=1S/C85H120N28O24/c86-84(87)92-21-11-19-59-76(128)94-42-67(114)96-65(40-70(117)118)82(134)102-63(35-52-13-3-1-4-14-52)80(132)100-61(78(130)98-59)17-7-9-25-112-44-55(104-106-112)50-136-57-37-54(75(127)91-24-23-90-69(116)46-108-27-29-109(47-72(121)122)31-33-111(49-74(125)126)34-32-110(30-28-108)48-73(123)124)38-58(39-57)137-51-56-45-113(107-105-56)26-10-8-18-62-79(131)99-60(20-12-22-93-85(88)89)77(129)95-43-68(115)97-66(41-71(119)120)83(135)103-64(81(133)101-62)36-53-15-5-2-6-16-53/h1-6,13-16,37-39,44-45,59-66H,7-12,17-36,40-43,46-51H2,(H,90,116)(H,91,127)(H,94,128)(H,95,129)(H,96,114)(H,97,115)(H,98,130)(H,99,131)(H,100,132)(H,101,133)(H,102,134)(H,103,135)(H,117,118)(H,119,120)(H,121,122)(H,123,124)(H,125,126)(H4,86,87,92)(H4,88,89,93)/t59-,60-,61-,62-,63+,64+,65-,66-/m0/s1. The molecule has 52 nitrogen and oxygen atoms in total. The largest absolute Gasteiger partial charge is 0.487 e. The van der Waals surface area contributed by atoms with Crippen LogP contribution in [0.5, 0.6) is 11.5 Å². The third kappa shape index (κ3) is 40.3. The summed E-state index contributed by atoms with van der Waals surface area (Å²) in [4.78, 5) is 233. The van der Waals surface area contributed by atoms with E-state index in [1.54, 1.807) is 92.7 Å². The molecule has 0 aliphatic carbocycles. The molecule has 5 heterocycles. The molecule has 0 unspecified atom stereocenters. The minimum Gasteiger partial charge on any atom is -0.487 e. The molecule has 3 saturated heterocycles. The minimum atomic E-state index is -1.70. The lowest BCUT2D eigenvalue weighted by atomic mass is 10.0. The van der Waals surface area contributed by atoms with Crippen molar-refractivity contribution in [2.24, 2.45) is 11.5 Å². The number of carbonyl (C=O) groups is 17. The Morgan fingerprint density at radius 1 is 0.387 bits per heavy atom. The number of hydrogen-bond donors (Lipinski definition) is 23. The van der Waals surface area contributed by atoms with E-state index in [1.165, 1.54) is 27.6 Å². The molecule has 0 spiro atoms. The number of carboxylic acids is 5. The van der Waals surface area contributed by atoms with Crippen LogP contribution in [0.2, 0.25) is 0 Å². The normalized spacial score (nSPS) is 19.9. The summed E-state index contributed by atoms with van der Waals surface area (Å²) in [5.74, 6) is -17.0. The average molecular weight is 1920 g/mol. The van der Waals surface area contributed by atoms with E-state index < -0.39 is 175 Å². The van der Waals surface area contributed by atoms with Crippen molar-refractivity contribution in [3.63, 3.8) is 0 Å². The number of unbranched alkanes of at least 4 members (excludes halogenated alkanes) is 2. The molecule has 0 bridgehead atoms. The number of aryl methyl sites for hydroxylation is 2. The molecule has 2 aromatic heterocycles. The van der Waals surface area contributed by atoms with Crippen molar-refractivity contribution in [2.75, 3.05) is 118 Å². The third-order valence-electron chi connectivity index (χ3n) is 21.7. The number of nitrogens with one attached hydrogen (secondary N) is 16. The van der Waals surface area contributed by atoms with Gasteiger partial charge in [0.15, 0.2) is 11.9 Å². The first-order valence-corrected chi connectivity index (χ1v) is 44.5. The monoisotopic (exact) mass is 1920 g/mol. The zero-order valence-corrected chi connectivity index (χ0v) is 75.4. The van der Waals surface area contributed by atoms with Gasteiger partial charge in [0.1, 0.15) is 84.4 Å². The van der Waals surface area contributed by atoms with Crippen molar-refractivity contribution in [1.82, 2.24) is 124 Å². The maximum absolute atomic E-state index is 14.4. The van der Waals surface area contributed by atoms with Crippen molar-refractivity contribution in [2.45, 2.75) is 165 Å². The van der Waals surface area contributed by atoms with Crippen LogP contribution < -0.4 is 95.4 Å². The number of benzene rings is 3. The van der Waals surface area contributed by atoms with Crippen LogP contribution in [0.4, 0.5) is 0 Å². The molecule has 52 heteroatoms. The van der Waals surface area contributed by atoms with Crippen LogP contribution in [0.3, 0.4) is 0 Å². The Balaban J connectivity index is 0.975. The van der Waals surface area contributed by atoms with Gasteiger partial charge in [0.25, 0.3) is 5.91 Å². The van der Waals surface area contributed by atoms with E-state index in [0.717, 1.165) is 0 Å². The Kier molecular flexibility index (Phi) is 44.0. The Labute approximate surface area is 785 Å². The second kappa shape index (κ2) is 56.2. The molecule has 8 atom stereocenters. The van der Waals surface area contributed by atoms with Gasteiger partial charge in [-0.25, -0.2) is 0 Å². The van der Waals surface area contributed by atoms with Crippen molar-refractivity contribution in [3.05, 3.63) is 119 Å². The fourth-order valence-corrected chi connectivity index (χ4v) is 14.7. The summed E-state index contributed by atoms with van der Waals surface area (Å²) in [5.41, 5.74) is 12.6. The second-order valence-corrected chi connectivity index (χ2v) is 32.7. The fourth-order valence-electron chi connectivity index (χ4n) is 14.7. The highest BCUT2D eigenvalue weighted by molar-refractivity contribution is 6.00. The number of carbonyl (C=O) groups excluding carboxylic acids is 12. The van der Waals surface area contributed by atoms with Gasteiger partial charge in [0, 0.05) is 116 Å². The lowest BCUT2D eigenvalue weighted by molar-refractivity contribution is -0.141. The number of nitrogens with two attached hydrogens (primary N) is 2. The Morgan fingerprint density at radius 3 is 1.09 bits per heavy atom. The summed E-state index contributed by atoms with van der Waals surface area (Å²) >= 11 is 0. The van der Waals surface area contributed by atoms with Crippen molar-refractivity contribution < 1.29 is 117 Å². The average Bonchev–Trinajstić information content (AvgIpc) is 1.83. The van der Waals surface area contributed by atoms with Gasteiger partial charge in [-0.05, 0) is 87.5 Å². The predicted octanol–water partition coefficient (Wildman–Crippen LogP) is -7.21. The molecule has 8 rings (SSSR count). The number of aliphatic carboxylic acids is 5. The fraction of sp³-hybridized carbons (Fsp3) is 0.518. The van der Waals surface area contributed by atoms with Crippen molar-refractivity contribution in [1.29, 1.82) is 10.8 Å². The minimum absolute atomic E-state index is 0.00439. The molecular weight excluding hydrogens is 1800 g/mol. The van der Waals surface area contributed by atoms with Gasteiger partial charge in [0.2, 0.25) is 65.0 Å². The first-order valence-electron chi connectivity index (χ1n) is 44.5. The Hall–Kier alpha value is -15.1. The molecule has 0 saturated carbocycles. The molecule has 0 radical (unpaired) electrons. The third-order valence-corrected chi connectivity index (χ3v) is 21.7. The maximum atomic E-state index is 14.4. The maximum Gasteiger partial charge on any atom is 0.317 e. The van der Waals surface area contributed by atoms with Crippen LogP contribution >= 0.6 is 0 Å². The van der Waals surface area contributed by atoms with Gasteiger partial charge in [-0.15, -0.1) is 10.2 Å². The summed E-state index contributed by atoms with van der Waals surface area (Å²) in [6.07, 6.45) is 2.15. The van der Waals surface area contributed by atoms with E-state index >= 15 is 0 Å². The first kappa shape index (κ1) is 107. The van der Waals surface area contributed by atoms with Crippen LogP contribution in [0.25, 0.3) is 0 Å². The van der Waals surface area contributed by atoms with Gasteiger partial charge in [0.05, 0.1) is 64.5 Å². The molecule has 25 N–H and O–H groups in total. The molecule has 3 aliphatic heterocycles. The Morgan fingerprint density at radius 2 is 0.723 bits per heavy atom. The van der Waals surface area contributed by atoms with Crippen molar-refractivity contribution >= 4 is 113 Å². The predicted molar refractivity (Wildman–Crippen MR) is 481 cm³/mol. The highest BCUT2D eigenvalue weighted by Gasteiger charge is 2.37. The van der Waals surface area contributed by atoms with Gasteiger partial charge in [-0.1, -0.05) is 71.1 Å². The number of aromatic nitrogens is 6. The van der Waals surface area contributed by atoms with E-state index in [1.807, 2.05) is 0 Å². The summed E-state index contributed by atoms with van der Waals surface area (Å²) < 4.78 is 15.4. The zero-order valence-electron chi connectivity index (χ0n) is 75.4. The zero-order chi connectivity index (χ0) is 99.3. The summed E-state index contributed by atoms with van der Waals surface area (Å²) in [6, 6.07) is 9.55. The van der Waals surface area contributed by atoms with E-state index in [0.29, 0.717) is 24.0 Å². The molecule has 5 aromatic rings. The van der Waals surface area contributed by atoms with Gasteiger partial charge < -0.3 is 121 Å². The molecule has 3 aromatic carbocycles. The molecule has 12 amide bonds. The molecule has 3 aliphatic rings. The lowest BCUT2D eigenvalue weighted by Crippen LogP contribution is -2.58. The number of rotatable bonds is 44.